The van der Waals surface area contributed by atoms with Crippen molar-refractivity contribution in [3.8, 4) is 11.3 Å². The van der Waals surface area contributed by atoms with E-state index >= 15 is 0 Å². The molecule has 0 bridgehead atoms. The molecule has 2 rings (SSSR count). The molecule has 1 heterocycles. The fraction of sp³-hybridized carbons (Fsp3) is 0.0769. The van der Waals surface area contributed by atoms with Crippen LogP contribution in [0.25, 0.3) is 11.3 Å². The number of thiocarbonyl (C=S) groups is 1. The van der Waals surface area contributed by atoms with Crippen LogP contribution in [-0.2, 0) is 0 Å². The van der Waals surface area contributed by atoms with E-state index in [1.54, 1.807) is 13.3 Å². The summed E-state index contributed by atoms with van der Waals surface area (Å²) in [4.78, 5) is 0. The minimum atomic E-state index is 0.445. The summed E-state index contributed by atoms with van der Waals surface area (Å²) < 4.78 is 5.63. The van der Waals surface area contributed by atoms with Crippen LogP contribution in [0.1, 0.15) is 5.76 Å². The highest BCUT2D eigenvalue weighted by atomic mass is 35.5. The molecule has 19 heavy (non-hydrogen) atoms. The van der Waals surface area contributed by atoms with Crippen molar-refractivity contribution in [2.75, 3.05) is 7.05 Å². The minimum absolute atomic E-state index is 0.445. The van der Waals surface area contributed by atoms with Gasteiger partial charge in [-0.2, -0.15) is 5.10 Å². The Morgan fingerprint density at radius 3 is 2.68 bits per heavy atom. The molecule has 0 spiro atoms. The van der Waals surface area contributed by atoms with Gasteiger partial charge in [-0.25, -0.2) is 0 Å². The van der Waals surface area contributed by atoms with Crippen LogP contribution < -0.4 is 10.7 Å². The third-order valence-electron chi connectivity index (χ3n) is 2.34. The van der Waals surface area contributed by atoms with Crippen molar-refractivity contribution in [2.45, 2.75) is 0 Å². The smallest absolute Gasteiger partial charge is 0.186 e. The molecule has 0 fully saturated rings. The molecular weight excluding hydrogens is 282 g/mol. The van der Waals surface area contributed by atoms with Crippen LogP contribution in [0.15, 0.2) is 45.9 Å². The molecule has 1 aromatic carbocycles. The van der Waals surface area contributed by atoms with E-state index in [0.29, 0.717) is 15.9 Å². The Bertz CT molecular complexity index is 592. The van der Waals surface area contributed by atoms with Gasteiger partial charge < -0.3 is 9.73 Å². The molecule has 0 unspecified atom stereocenters. The van der Waals surface area contributed by atoms with Gasteiger partial charge in [0.25, 0.3) is 0 Å². The molecule has 98 valence electrons. The topological polar surface area (TPSA) is 49.6 Å². The van der Waals surface area contributed by atoms with E-state index in [4.69, 9.17) is 28.2 Å². The summed E-state index contributed by atoms with van der Waals surface area (Å²) in [5.41, 5.74) is 3.61. The van der Waals surface area contributed by atoms with Crippen LogP contribution >= 0.6 is 23.8 Å². The number of halogens is 1. The lowest BCUT2D eigenvalue weighted by Gasteiger charge is -1.98. The summed E-state index contributed by atoms with van der Waals surface area (Å²) in [5, 5.41) is 7.83. The molecule has 4 nitrogen and oxygen atoms in total. The number of hydrogen-bond acceptors (Lipinski definition) is 3. The van der Waals surface area contributed by atoms with Gasteiger partial charge in [-0.1, -0.05) is 11.6 Å². The van der Waals surface area contributed by atoms with Gasteiger partial charge in [-0.3, -0.25) is 5.43 Å². The van der Waals surface area contributed by atoms with Crippen molar-refractivity contribution in [2.24, 2.45) is 5.10 Å². The largest absolute Gasteiger partial charge is 0.455 e. The lowest BCUT2D eigenvalue weighted by atomic mass is 10.2. The van der Waals surface area contributed by atoms with Crippen molar-refractivity contribution in [1.29, 1.82) is 0 Å². The third-order valence-corrected chi connectivity index (χ3v) is 2.89. The molecule has 0 aliphatic carbocycles. The molecule has 0 radical (unpaired) electrons. The highest BCUT2D eigenvalue weighted by Crippen LogP contribution is 2.23. The maximum absolute atomic E-state index is 5.84. The summed E-state index contributed by atoms with van der Waals surface area (Å²) in [6.45, 7) is 0. The first-order valence-electron chi connectivity index (χ1n) is 5.55. The first-order valence-corrected chi connectivity index (χ1v) is 6.34. The Labute approximate surface area is 121 Å². The van der Waals surface area contributed by atoms with Crippen LogP contribution in [0.5, 0.6) is 0 Å². The Kier molecular flexibility index (Phi) is 4.54. The highest BCUT2D eigenvalue weighted by molar-refractivity contribution is 7.80. The zero-order valence-corrected chi connectivity index (χ0v) is 11.8. The van der Waals surface area contributed by atoms with Crippen LogP contribution in [0.3, 0.4) is 0 Å². The van der Waals surface area contributed by atoms with Gasteiger partial charge in [-0.05, 0) is 48.6 Å². The Morgan fingerprint density at radius 2 is 2.00 bits per heavy atom. The van der Waals surface area contributed by atoms with E-state index in [2.05, 4.69) is 15.8 Å². The average molecular weight is 294 g/mol. The van der Waals surface area contributed by atoms with Crippen LogP contribution in [0.2, 0.25) is 5.02 Å². The standard InChI is InChI=1S/C13H12ClN3OS/c1-15-13(19)17-16-8-11-6-7-12(18-11)9-2-4-10(14)5-3-9/h2-8H,1H3,(H2,15,17,19)/b16-8+. The maximum atomic E-state index is 5.84. The van der Waals surface area contributed by atoms with E-state index in [1.165, 1.54) is 0 Å². The number of rotatable bonds is 3. The second-order valence-electron chi connectivity index (χ2n) is 3.66. The summed E-state index contributed by atoms with van der Waals surface area (Å²) in [7, 11) is 1.72. The quantitative estimate of drug-likeness (QED) is 0.519. The molecule has 0 amide bonds. The first-order chi connectivity index (χ1) is 9.19. The van der Waals surface area contributed by atoms with Gasteiger partial charge in [0, 0.05) is 17.6 Å². The van der Waals surface area contributed by atoms with Gasteiger partial charge in [0.05, 0.1) is 6.21 Å². The van der Waals surface area contributed by atoms with E-state index in [9.17, 15) is 0 Å². The monoisotopic (exact) mass is 293 g/mol. The molecule has 0 aliphatic rings. The molecule has 6 heteroatoms. The first kappa shape index (κ1) is 13.6. The van der Waals surface area contributed by atoms with Crippen molar-refractivity contribution in [3.63, 3.8) is 0 Å². The van der Waals surface area contributed by atoms with E-state index in [1.807, 2.05) is 36.4 Å². The van der Waals surface area contributed by atoms with Gasteiger partial charge in [0.2, 0.25) is 0 Å². The zero-order chi connectivity index (χ0) is 13.7. The summed E-state index contributed by atoms with van der Waals surface area (Å²) in [6.07, 6.45) is 1.56. The number of hydrazone groups is 1. The van der Waals surface area contributed by atoms with Crippen molar-refractivity contribution in [1.82, 2.24) is 10.7 Å². The molecule has 2 aromatic rings. The predicted octanol–water partition coefficient (Wildman–Crippen LogP) is 3.03. The number of nitrogens with zero attached hydrogens (tertiary/aromatic N) is 1. The number of furan rings is 1. The molecule has 0 aliphatic heterocycles. The lowest BCUT2D eigenvalue weighted by molar-refractivity contribution is 0.574. The van der Waals surface area contributed by atoms with Crippen molar-refractivity contribution >= 4 is 35.1 Å². The third kappa shape index (κ3) is 3.81. The number of nitrogens with one attached hydrogen (secondary N) is 2. The van der Waals surface area contributed by atoms with Crippen molar-refractivity contribution < 1.29 is 4.42 Å². The fourth-order valence-corrected chi connectivity index (χ4v) is 1.58. The van der Waals surface area contributed by atoms with E-state index in [-0.39, 0.29) is 0 Å². The lowest BCUT2D eigenvalue weighted by Crippen LogP contribution is -2.28. The van der Waals surface area contributed by atoms with Gasteiger partial charge in [0.1, 0.15) is 11.5 Å². The van der Waals surface area contributed by atoms with Gasteiger partial charge in [0.15, 0.2) is 5.11 Å². The second-order valence-corrected chi connectivity index (χ2v) is 4.50. The molecule has 2 N–H and O–H groups in total. The molecule has 1 aromatic heterocycles. The fourth-order valence-electron chi connectivity index (χ4n) is 1.40. The van der Waals surface area contributed by atoms with Crippen LogP contribution in [0, 0.1) is 0 Å². The van der Waals surface area contributed by atoms with E-state index in [0.717, 1.165) is 11.3 Å². The zero-order valence-electron chi connectivity index (χ0n) is 10.2. The number of benzene rings is 1. The Balaban J connectivity index is 2.06. The number of hydrogen-bond donors (Lipinski definition) is 2. The van der Waals surface area contributed by atoms with E-state index < -0.39 is 0 Å². The summed E-state index contributed by atoms with van der Waals surface area (Å²) in [5.74, 6) is 1.39. The minimum Gasteiger partial charge on any atom is -0.455 e. The predicted molar refractivity (Wildman–Crippen MR) is 81.5 cm³/mol. The van der Waals surface area contributed by atoms with Gasteiger partial charge in [-0.15, -0.1) is 0 Å². The van der Waals surface area contributed by atoms with Crippen molar-refractivity contribution in [3.05, 3.63) is 47.2 Å². The molecule has 0 saturated carbocycles. The average Bonchev–Trinajstić information content (AvgIpc) is 2.88. The van der Waals surface area contributed by atoms with Crippen LogP contribution in [0.4, 0.5) is 0 Å². The SMILES string of the molecule is CNC(=S)N/N=C/c1ccc(-c2ccc(Cl)cc2)o1. The second kappa shape index (κ2) is 6.36. The Hall–Kier alpha value is -1.85. The highest BCUT2D eigenvalue weighted by Gasteiger charge is 2.03. The normalized spacial score (nSPS) is 10.6. The maximum Gasteiger partial charge on any atom is 0.186 e. The summed E-state index contributed by atoms with van der Waals surface area (Å²) >= 11 is 10.7. The molecule has 0 atom stereocenters. The molecular formula is C13H12ClN3OS. The molecule has 0 saturated heterocycles. The summed E-state index contributed by atoms with van der Waals surface area (Å²) in [6, 6.07) is 11.1. The van der Waals surface area contributed by atoms with Gasteiger partial charge >= 0.3 is 0 Å². The Morgan fingerprint density at radius 1 is 1.26 bits per heavy atom. The van der Waals surface area contributed by atoms with Crippen LogP contribution in [-0.4, -0.2) is 18.4 Å².